The van der Waals surface area contributed by atoms with Crippen molar-refractivity contribution in [2.75, 3.05) is 13.7 Å². The second kappa shape index (κ2) is 5.10. The minimum Gasteiger partial charge on any atom is -0.493 e. The van der Waals surface area contributed by atoms with Gasteiger partial charge in [0.25, 0.3) is 0 Å². The van der Waals surface area contributed by atoms with Crippen molar-refractivity contribution >= 4 is 11.6 Å². The number of nitrogens with one attached hydrogen (secondary N) is 1. The van der Waals surface area contributed by atoms with Crippen LogP contribution in [0.1, 0.15) is 44.4 Å². The van der Waals surface area contributed by atoms with Crippen molar-refractivity contribution in [1.82, 2.24) is 5.32 Å². The van der Waals surface area contributed by atoms with Crippen molar-refractivity contribution in [1.29, 1.82) is 0 Å². The maximum Gasteiger partial charge on any atom is 0.127 e. The zero-order valence-electron chi connectivity index (χ0n) is 11.6. The van der Waals surface area contributed by atoms with E-state index in [1.54, 1.807) is 0 Å². The molecule has 1 heterocycles. The molecule has 1 aromatic rings. The van der Waals surface area contributed by atoms with E-state index in [1.807, 2.05) is 19.2 Å². The topological polar surface area (TPSA) is 21.3 Å². The van der Waals surface area contributed by atoms with Crippen molar-refractivity contribution in [3.63, 3.8) is 0 Å². The van der Waals surface area contributed by atoms with Gasteiger partial charge in [-0.25, -0.2) is 0 Å². The van der Waals surface area contributed by atoms with Crippen LogP contribution < -0.4 is 10.1 Å². The Hall–Kier alpha value is -0.730. The quantitative estimate of drug-likeness (QED) is 0.891. The van der Waals surface area contributed by atoms with Gasteiger partial charge in [-0.1, -0.05) is 32.4 Å². The lowest BCUT2D eigenvalue weighted by atomic mass is 9.78. The molecule has 1 atom stereocenters. The average molecular weight is 268 g/mol. The summed E-state index contributed by atoms with van der Waals surface area (Å²) in [7, 11) is 2.00. The molecule has 1 aromatic carbocycles. The van der Waals surface area contributed by atoms with Crippen LogP contribution in [0, 0.1) is 5.41 Å². The van der Waals surface area contributed by atoms with E-state index in [0.717, 1.165) is 30.2 Å². The molecule has 0 saturated heterocycles. The van der Waals surface area contributed by atoms with Gasteiger partial charge in [0.2, 0.25) is 0 Å². The zero-order valence-corrected chi connectivity index (χ0v) is 12.4. The Bertz CT molecular complexity index is 442. The Morgan fingerprint density at radius 3 is 2.78 bits per heavy atom. The highest BCUT2D eigenvalue weighted by atomic mass is 35.5. The summed E-state index contributed by atoms with van der Waals surface area (Å²) in [5.41, 5.74) is 2.60. The summed E-state index contributed by atoms with van der Waals surface area (Å²) in [6.07, 6.45) is 2.06. The predicted octanol–water partition coefficient (Wildman–Crippen LogP) is 3.97. The molecule has 3 heteroatoms. The number of benzene rings is 1. The molecule has 2 rings (SSSR count). The molecule has 1 aliphatic rings. The number of hydrogen-bond donors (Lipinski definition) is 1. The second-order valence-corrected chi connectivity index (χ2v) is 6.08. The summed E-state index contributed by atoms with van der Waals surface area (Å²) in [5.74, 6) is 1.04. The molecule has 0 radical (unpaired) electrons. The molecule has 0 bridgehead atoms. The molecule has 100 valence electrons. The van der Waals surface area contributed by atoms with Crippen LogP contribution in [0.15, 0.2) is 12.1 Å². The van der Waals surface area contributed by atoms with E-state index in [1.165, 1.54) is 11.1 Å². The summed E-state index contributed by atoms with van der Waals surface area (Å²) >= 11 is 6.24. The van der Waals surface area contributed by atoms with Crippen molar-refractivity contribution in [3.8, 4) is 5.75 Å². The van der Waals surface area contributed by atoms with Gasteiger partial charge in [-0.3, -0.25) is 0 Å². The lowest BCUT2D eigenvalue weighted by molar-refractivity contribution is 0.238. The highest BCUT2D eigenvalue weighted by molar-refractivity contribution is 6.30. The molecule has 0 fully saturated rings. The third-order valence-electron chi connectivity index (χ3n) is 4.07. The number of ether oxygens (including phenoxy) is 1. The van der Waals surface area contributed by atoms with Crippen LogP contribution >= 0.6 is 11.6 Å². The van der Waals surface area contributed by atoms with Crippen molar-refractivity contribution in [2.24, 2.45) is 5.41 Å². The van der Waals surface area contributed by atoms with E-state index in [0.29, 0.717) is 0 Å². The molecule has 2 nitrogen and oxygen atoms in total. The molecule has 0 saturated carbocycles. The normalized spacial score (nSPS) is 16.3. The van der Waals surface area contributed by atoms with E-state index in [4.69, 9.17) is 16.3 Å². The summed E-state index contributed by atoms with van der Waals surface area (Å²) in [6.45, 7) is 7.54. The van der Waals surface area contributed by atoms with Crippen LogP contribution in [0.2, 0.25) is 5.02 Å². The Labute approximate surface area is 115 Å². The highest BCUT2D eigenvalue weighted by Crippen LogP contribution is 2.43. The maximum atomic E-state index is 6.24. The first kappa shape index (κ1) is 13.7. The molecular formula is C15H22ClNO. The average Bonchev–Trinajstić information content (AvgIpc) is 2.77. The third kappa shape index (κ3) is 2.36. The van der Waals surface area contributed by atoms with Crippen LogP contribution in [0.3, 0.4) is 0 Å². The SMILES string of the molecule is CCC(C)(C)C(NC)c1cc(Cl)cc2c1OCC2. The number of halogens is 1. The standard InChI is InChI=1S/C15H22ClNO/c1-5-15(2,3)14(17-4)12-9-11(16)8-10-6-7-18-13(10)12/h8-9,14,17H,5-7H2,1-4H3. The van der Waals surface area contributed by atoms with Crippen LogP contribution in [-0.2, 0) is 6.42 Å². The van der Waals surface area contributed by atoms with Crippen LogP contribution in [0.5, 0.6) is 5.75 Å². The first-order chi connectivity index (χ1) is 8.49. The number of fused-ring (bicyclic) bond motifs is 1. The number of hydrogen-bond acceptors (Lipinski definition) is 2. The fourth-order valence-corrected chi connectivity index (χ4v) is 2.93. The van der Waals surface area contributed by atoms with E-state index >= 15 is 0 Å². The molecule has 1 aliphatic heterocycles. The Kier molecular flexibility index (Phi) is 3.88. The lowest BCUT2D eigenvalue weighted by Crippen LogP contribution is -2.31. The van der Waals surface area contributed by atoms with E-state index in [2.05, 4.69) is 26.1 Å². The second-order valence-electron chi connectivity index (χ2n) is 5.65. The lowest BCUT2D eigenvalue weighted by Gasteiger charge is -2.34. The molecule has 0 spiro atoms. The summed E-state index contributed by atoms with van der Waals surface area (Å²) in [6, 6.07) is 4.33. The molecule has 1 N–H and O–H groups in total. The van der Waals surface area contributed by atoms with Gasteiger partial charge >= 0.3 is 0 Å². The monoisotopic (exact) mass is 267 g/mol. The summed E-state index contributed by atoms with van der Waals surface area (Å²) < 4.78 is 5.81. The fourth-order valence-electron chi connectivity index (χ4n) is 2.68. The van der Waals surface area contributed by atoms with Gasteiger partial charge in [0.05, 0.1) is 6.61 Å². The first-order valence-electron chi connectivity index (χ1n) is 6.62. The van der Waals surface area contributed by atoms with Crippen LogP contribution in [-0.4, -0.2) is 13.7 Å². The van der Waals surface area contributed by atoms with Gasteiger partial charge in [-0.2, -0.15) is 0 Å². The largest absolute Gasteiger partial charge is 0.493 e. The molecule has 0 amide bonds. The zero-order chi connectivity index (χ0) is 13.3. The smallest absolute Gasteiger partial charge is 0.127 e. The summed E-state index contributed by atoms with van der Waals surface area (Å²) in [4.78, 5) is 0. The van der Waals surface area contributed by atoms with Crippen molar-refractivity contribution < 1.29 is 4.74 Å². The minimum absolute atomic E-state index is 0.166. The van der Waals surface area contributed by atoms with Crippen LogP contribution in [0.25, 0.3) is 0 Å². The summed E-state index contributed by atoms with van der Waals surface area (Å²) in [5, 5.41) is 4.23. The van der Waals surface area contributed by atoms with Crippen molar-refractivity contribution in [2.45, 2.75) is 39.7 Å². The predicted molar refractivity (Wildman–Crippen MR) is 76.5 cm³/mol. The molecule has 1 unspecified atom stereocenters. The van der Waals surface area contributed by atoms with Crippen molar-refractivity contribution in [3.05, 3.63) is 28.3 Å². The van der Waals surface area contributed by atoms with Gasteiger partial charge in [-0.15, -0.1) is 0 Å². The first-order valence-corrected chi connectivity index (χ1v) is 6.99. The van der Waals surface area contributed by atoms with Gasteiger partial charge < -0.3 is 10.1 Å². The fraction of sp³-hybridized carbons (Fsp3) is 0.600. The maximum absolute atomic E-state index is 6.24. The minimum atomic E-state index is 0.166. The highest BCUT2D eigenvalue weighted by Gasteiger charge is 2.32. The van der Waals surface area contributed by atoms with Gasteiger partial charge in [-0.05, 0) is 36.6 Å². The number of rotatable bonds is 4. The third-order valence-corrected chi connectivity index (χ3v) is 4.29. The van der Waals surface area contributed by atoms with E-state index < -0.39 is 0 Å². The molecule has 18 heavy (non-hydrogen) atoms. The molecule has 0 aromatic heterocycles. The van der Waals surface area contributed by atoms with E-state index in [9.17, 15) is 0 Å². The molecule has 0 aliphatic carbocycles. The van der Waals surface area contributed by atoms with Gasteiger partial charge in [0, 0.05) is 23.0 Å². The Morgan fingerprint density at radius 2 is 2.17 bits per heavy atom. The van der Waals surface area contributed by atoms with Gasteiger partial charge in [0.1, 0.15) is 5.75 Å². The Morgan fingerprint density at radius 1 is 1.44 bits per heavy atom. The molecular weight excluding hydrogens is 246 g/mol. The Balaban J connectivity index is 2.49. The van der Waals surface area contributed by atoms with Gasteiger partial charge in [0.15, 0.2) is 0 Å². The van der Waals surface area contributed by atoms with Crippen LogP contribution in [0.4, 0.5) is 0 Å². The van der Waals surface area contributed by atoms with E-state index in [-0.39, 0.29) is 11.5 Å².